The van der Waals surface area contributed by atoms with Gasteiger partial charge in [0.15, 0.2) is 0 Å². The van der Waals surface area contributed by atoms with Crippen molar-refractivity contribution in [1.82, 2.24) is 0 Å². The second kappa shape index (κ2) is 32.4. The molecule has 0 aromatic rings. The van der Waals surface area contributed by atoms with Crippen molar-refractivity contribution in [3.05, 3.63) is 0 Å². The molecule has 0 N–H and O–H groups in total. The molecular weight excluding hydrogens is 440 g/mol. The first-order valence-corrected chi connectivity index (χ1v) is 18.1. The van der Waals surface area contributed by atoms with Gasteiger partial charge in [0.05, 0.1) is 0 Å². The molecule has 0 aliphatic heterocycles. The van der Waals surface area contributed by atoms with Gasteiger partial charge in [0, 0.05) is 0 Å². The van der Waals surface area contributed by atoms with Gasteiger partial charge in [-0.25, -0.2) is 0 Å². The van der Waals surface area contributed by atoms with Crippen molar-refractivity contribution in [2.24, 2.45) is 5.92 Å². The monoisotopic (exact) mass is 511 g/mol. The van der Waals surface area contributed by atoms with E-state index >= 15 is 0 Å². The normalized spacial score (nSPS) is 11.7. The Bertz CT molecular complexity index is 324. The van der Waals surface area contributed by atoms with E-state index in [4.69, 9.17) is 0 Å². The third-order valence-electron chi connectivity index (χ3n) is 7.95. The number of thioether (sulfide) groups is 1. The summed E-state index contributed by atoms with van der Waals surface area (Å²) in [4.78, 5) is 0. The predicted molar refractivity (Wildman–Crippen MR) is 167 cm³/mol. The Morgan fingerprint density at radius 1 is 0.314 bits per heavy atom. The van der Waals surface area contributed by atoms with Gasteiger partial charge in [0.1, 0.15) is 0 Å². The lowest BCUT2D eigenvalue weighted by atomic mass is 9.92. The molecule has 0 aliphatic carbocycles. The molecule has 0 amide bonds. The van der Waals surface area contributed by atoms with E-state index in [0.717, 1.165) is 5.92 Å². The van der Waals surface area contributed by atoms with Gasteiger partial charge in [-0.1, -0.05) is 188 Å². The predicted octanol–water partition coefficient (Wildman–Crippen LogP) is 13.3. The smallest absolute Gasteiger partial charge is 0.00649 e. The standard InChI is InChI=1S/C34H70S/c1-4-7-9-11-13-15-17-19-21-23-25-27-29-34(31-33-35-32-6-3)30-28-26-24-22-20-18-16-14-12-10-8-5-2/h34H,4-33H2,1-3H3. The molecule has 0 radical (unpaired) electrons. The van der Waals surface area contributed by atoms with Crippen LogP contribution in [0, 0.1) is 5.92 Å². The van der Waals surface area contributed by atoms with Crippen molar-refractivity contribution in [1.29, 1.82) is 0 Å². The molecule has 0 saturated heterocycles. The SMILES string of the molecule is CCCCCCCCCCCCCCC(CCCCCCCCCCCCCC)CCSCCC. The van der Waals surface area contributed by atoms with Crippen molar-refractivity contribution in [2.75, 3.05) is 11.5 Å². The van der Waals surface area contributed by atoms with Gasteiger partial charge in [0.25, 0.3) is 0 Å². The Morgan fingerprint density at radius 3 is 0.943 bits per heavy atom. The van der Waals surface area contributed by atoms with Gasteiger partial charge in [-0.15, -0.1) is 0 Å². The summed E-state index contributed by atoms with van der Waals surface area (Å²) < 4.78 is 0. The molecule has 0 saturated carbocycles. The van der Waals surface area contributed by atoms with Gasteiger partial charge in [-0.3, -0.25) is 0 Å². The van der Waals surface area contributed by atoms with Crippen LogP contribution in [0.1, 0.15) is 201 Å². The highest BCUT2D eigenvalue weighted by Gasteiger charge is 2.09. The highest BCUT2D eigenvalue weighted by molar-refractivity contribution is 7.99. The maximum absolute atomic E-state index is 2.32. The number of hydrogen-bond acceptors (Lipinski definition) is 1. The first-order chi connectivity index (χ1) is 17.3. The zero-order chi connectivity index (χ0) is 25.5. The number of hydrogen-bond donors (Lipinski definition) is 0. The van der Waals surface area contributed by atoms with E-state index in [-0.39, 0.29) is 0 Å². The van der Waals surface area contributed by atoms with Crippen LogP contribution >= 0.6 is 11.8 Å². The van der Waals surface area contributed by atoms with Crippen LogP contribution in [0.4, 0.5) is 0 Å². The summed E-state index contributed by atoms with van der Waals surface area (Å²) in [6.45, 7) is 6.95. The highest BCUT2D eigenvalue weighted by Crippen LogP contribution is 2.24. The Labute approximate surface area is 229 Å². The average molecular weight is 511 g/mol. The molecule has 212 valence electrons. The van der Waals surface area contributed by atoms with Crippen LogP contribution < -0.4 is 0 Å². The lowest BCUT2D eigenvalue weighted by Gasteiger charge is -2.17. The second-order valence-electron chi connectivity index (χ2n) is 11.6. The van der Waals surface area contributed by atoms with Crippen molar-refractivity contribution in [3.8, 4) is 0 Å². The van der Waals surface area contributed by atoms with Crippen molar-refractivity contribution in [3.63, 3.8) is 0 Å². The maximum Gasteiger partial charge on any atom is -0.00649 e. The van der Waals surface area contributed by atoms with E-state index in [0.29, 0.717) is 0 Å². The summed E-state index contributed by atoms with van der Waals surface area (Å²) in [6.07, 6.45) is 41.2. The van der Waals surface area contributed by atoms with Crippen LogP contribution in [0.15, 0.2) is 0 Å². The maximum atomic E-state index is 2.32. The molecule has 0 nitrogen and oxygen atoms in total. The summed E-state index contributed by atoms with van der Waals surface area (Å²) in [7, 11) is 0. The van der Waals surface area contributed by atoms with E-state index in [9.17, 15) is 0 Å². The Balaban J connectivity index is 3.65. The molecular formula is C34H70S. The molecule has 0 fully saturated rings. The summed E-state index contributed by atoms with van der Waals surface area (Å²) >= 11 is 2.20. The average Bonchev–Trinajstić information content (AvgIpc) is 2.87. The fourth-order valence-electron chi connectivity index (χ4n) is 5.48. The van der Waals surface area contributed by atoms with E-state index < -0.39 is 0 Å². The number of unbranched alkanes of at least 4 members (excludes halogenated alkanes) is 22. The quantitative estimate of drug-likeness (QED) is 0.0835. The van der Waals surface area contributed by atoms with Crippen LogP contribution in [0.5, 0.6) is 0 Å². The molecule has 35 heavy (non-hydrogen) atoms. The fraction of sp³-hybridized carbons (Fsp3) is 1.00. The second-order valence-corrected chi connectivity index (χ2v) is 12.8. The minimum absolute atomic E-state index is 1.02. The van der Waals surface area contributed by atoms with E-state index in [1.165, 1.54) is 191 Å². The summed E-state index contributed by atoms with van der Waals surface area (Å²) in [5.74, 6) is 3.80. The molecule has 0 heterocycles. The number of rotatable bonds is 31. The van der Waals surface area contributed by atoms with Crippen LogP contribution in [0.3, 0.4) is 0 Å². The topological polar surface area (TPSA) is 0 Å². The molecule has 1 heteroatoms. The zero-order valence-corrected chi connectivity index (χ0v) is 26.0. The van der Waals surface area contributed by atoms with E-state index in [2.05, 4.69) is 32.5 Å². The lowest BCUT2D eigenvalue weighted by molar-refractivity contribution is 0.394. The van der Waals surface area contributed by atoms with E-state index in [1.807, 2.05) is 0 Å². The fourth-order valence-corrected chi connectivity index (χ4v) is 6.47. The first-order valence-electron chi connectivity index (χ1n) is 16.9. The summed E-state index contributed by atoms with van der Waals surface area (Å²) in [5.41, 5.74) is 0. The zero-order valence-electron chi connectivity index (χ0n) is 25.2. The van der Waals surface area contributed by atoms with Crippen LogP contribution in [-0.2, 0) is 0 Å². The van der Waals surface area contributed by atoms with Gasteiger partial charge in [-0.2, -0.15) is 11.8 Å². The third kappa shape index (κ3) is 30.5. The van der Waals surface area contributed by atoms with E-state index in [1.54, 1.807) is 0 Å². The largest absolute Gasteiger partial charge is 0.162 e. The minimum atomic E-state index is 1.02. The molecule has 0 spiro atoms. The van der Waals surface area contributed by atoms with Crippen molar-refractivity contribution >= 4 is 11.8 Å². The van der Waals surface area contributed by atoms with Gasteiger partial charge in [-0.05, 0) is 30.3 Å². The third-order valence-corrected chi connectivity index (χ3v) is 9.17. The molecule has 0 atom stereocenters. The first kappa shape index (κ1) is 35.4. The summed E-state index contributed by atoms with van der Waals surface area (Å²) in [6, 6.07) is 0. The molecule has 0 unspecified atom stereocenters. The molecule has 0 aromatic heterocycles. The summed E-state index contributed by atoms with van der Waals surface area (Å²) in [5, 5.41) is 0. The van der Waals surface area contributed by atoms with Crippen LogP contribution in [-0.4, -0.2) is 11.5 Å². The van der Waals surface area contributed by atoms with Crippen LogP contribution in [0.2, 0.25) is 0 Å². The Kier molecular flexibility index (Phi) is 32.7. The lowest BCUT2D eigenvalue weighted by Crippen LogP contribution is -2.03. The van der Waals surface area contributed by atoms with Crippen LogP contribution in [0.25, 0.3) is 0 Å². The Hall–Kier alpha value is 0.350. The molecule has 0 rings (SSSR count). The van der Waals surface area contributed by atoms with Crippen molar-refractivity contribution < 1.29 is 0 Å². The Morgan fingerprint density at radius 2 is 0.629 bits per heavy atom. The highest BCUT2D eigenvalue weighted by atomic mass is 32.2. The van der Waals surface area contributed by atoms with Crippen molar-refractivity contribution in [2.45, 2.75) is 201 Å². The molecule has 0 aromatic carbocycles. The minimum Gasteiger partial charge on any atom is -0.162 e. The molecule has 0 aliphatic rings. The molecule has 0 bridgehead atoms. The van der Waals surface area contributed by atoms with Gasteiger partial charge in [0.2, 0.25) is 0 Å². The van der Waals surface area contributed by atoms with Gasteiger partial charge < -0.3 is 0 Å². The van der Waals surface area contributed by atoms with Gasteiger partial charge >= 0.3 is 0 Å².